The van der Waals surface area contributed by atoms with Crippen LogP contribution in [0, 0.1) is 0 Å². The summed E-state index contributed by atoms with van der Waals surface area (Å²) in [6.07, 6.45) is 0. The van der Waals surface area contributed by atoms with Crippen molar-refractivity contribution in [3.05, 3.63) is 51.1 Å². The minimum Gasteiger partial charge on any atom is -0.343 e. The highest BCUT2D eigenvalue weighted by atomic mass is 35.5. The molecule has 0 fully saturated rings. The number of thiophene rings is 1. The lowest BCUT2D eigenvalue weighted by Crippen LogP contribution is -2.32. The topological polar surface area (TPSA) is 55.2 Å². The van der Waals surface area contributed by atoms with E-state index in [-0.39, 0.29) is 17.2 Å². The molecule has 0 spiro atoms. The summed E-state index contributed by atoms with van der Waals surface area (Å²) in [4.78, 5) is 31.7. The number of para-hydroxylation sites is 1. The van der Waals surface area contributed by atoms with Gasteiger partial charge in [-0.2, -0.15) is 0 Å². The summed E-state index contributed by atoms with van der Waals surface area (Å²) in [6.45, 7) is 5.21. The van der Waals surface area contributed by atoms with E-state index in [4.69, 9.17) is 11.6 Å². The number of hydrogen-bond acceptors (Lipinski definition) is 5. The molecule has 8 heteroatoms. The quantitative estimate of drug-likeness (QED) is 0.456. The van der Waals surface area contributed by atoms with Crippen LogP contribution in [-0.2, 0) is 4.79 Å². The lowest BCUT2D eigenvalue weighted by molar-refractivity contribution is -0.127. The zero-order valence-corrected chi connectivity index (χ0v) is 16.8. The van der Waals surface area contributed by atoms with Crippen molar-refractivity contribution >= 4 is 50.8 Å². The predicted octanol–water partition coefficient (Wildman–Crippen LogP) is 4.06. The molecule has 2 heterocycles. The van der Waals surface area contributed by atoms with E-state index in [1.54, 1.807) is 17.0 Å². The predicted molar refractivity (Wildman–Crippen MR) is 109 cm³/mol. The summed E-state index contributed by atoms with van der Waals surface area (Å²) >= 11 is 8.92. The van der Waals surface area contributed by atoms with Crippen molar-refractivity contribution in [1.29, 1.82) is 0 Å². The van der Waals surface area contributed by atoms with Crippen LogP contribution in [0.15, 0.2) is 45.7 Å². The largest absolute Gasteiger partial charge is 0.343 e. The maximum Gasteiger partial charge on any atom is 0.276 e. The highest BCUT2D eigenvalue weighted by Gasteiger charge is 2.18. The molecule has 2 aromatic heterocycles. The van der Waals surface area contributed by atoms with Crippen LogP contribution in [-0.4, -0.2) is 39.2 Å². The van der Waals surface area contributed by atoms with Crippen molar-refractivity contribution in [3.63, 3.8) is 0 Å². The zero-order valence-electron chi connectivity index (χ0n) is 14.4. The Labute approximate surface area is 164 Å². The molecule has 26 heavy (non-hydrogen) atoms. The summed E-state index contributed by atoms with van der Waals surface area (Å²) in [6, 6.07) is 8.96. The van der Waals surface area contributed by atoms with Gasteiger partial charge in [-0.3, -0.25) is 14.2 Å². The van der Waals surface area contributed by atoms with E-state index in [2.05, 4.69) is 4.98 Å². The maximum absolute atomic E-state index is 13.0. The highest BCUT2D eigenvalue weighted by molar-refractivity contribution is 7.99. The Kier molecular flexibility index (Phi) is 6.01. The molecule has 0 aliphatic heterocycles. The fraction of sp³-hybridized carbons (Fsp3) is 0.278. The minimum absolute atomic E-state index is 0.0189. The summed E-state index contributed by atoms with van der Waals surface area (Å²) in [7, 11) is 0. The number of fused-ring (bicyclic) bond motifs is 1. The number of hydrogen-bond donors (Lipinski definition) is 0. The van der Waals surface area contributed by atoms with Crippen molar-refractivity contribution in [2.24, 2.45) is 0 Å². The molecule has 0 aliphatic rings. The third-order valence-electron chi connectivity index (χ3n) is 3.98. The van der Waals surface area contributed by atoms with Crippen molar-refractivity contribution in [3.8, 4) is 5.69 Å². The number of thioether (sulfide) groups is 1. The van der Waals surface area contributed by atoms with E-state index in [0.29, 0.717) is 39.2 Å². The van der Waals surface area contributed by atoms with Gasteiger partial charge in [-0.1, -0.05) is 35.5 Å². The van der Waals surface area contributed by atoms with Gasteiger partial charge in [0.05, 0.1) is 22.0 Å². The molecule has 0 aliphatic carbocycles. The Bertz CT molecular complexity index is 996. The van der Waals surface area contributed by atoms with Crippen LogP contribution < -0.4 is 5.56 Å². The van der Waals surface area contributed by atoms with Crippen LogP contribution in [0.3, 0.4) is 0 Å². The molecule has 0 saturated heterocycles. The lowest BCUT2D eigenvalue weighted by atomic mass is 10.3. The van der Waals surface area contributed by atoms with Gasteiger partial charge in [-0.15, -0.1) is 11.3 Å². The first kappa shape index (κ1) is 18.9. The SMILES string of the molecule is CCN(CC)C(=O)CSc1nc2ccsc2c(=O)n1-c1ccccc1Cl. The summed E-state index contributed by atoms with van der Waals surface area (Å²) < 4.78 is 2.07. The normalized spacial score (nSPS) is 11.0. The standard InChI is InChI=1S/C18H18ClN3O2S2/c1-3-21(4-2)15(23)11-26-18-20-13-9-10-25-16(13)17(24)22(18)14-8-6-5-7-12(14)19/h5-10H,3-4,11H2,1-2H3. The number of carbonyl (C=O) groups excluding carboxylic acids is 1. The molecule has 3 rings (SSSR count). The minimum atomic E-state index is -0.170. The molecule has 0 bridgehead atoms. The Hall–Kier alpha value is -1.83. The third-order valence-corrected chi connectivity index (χ3v) is 6.12. The zero-order chi connectivity index (χ0) is 18.7. The third kappa shape index (κ3) is 3.65. The van der Waals surface area contributed by atoms with Crippen LogP contribution in [0.2, 0.25) is 5.02 Å². The molecule has 5 nitrogen and oxygen atoms in total. The Morgan fingerprint density at radius 1 is 1.27 bits per heavy atom. The second-order valence-electron chi connectivity index (χ2n) is 5.48. The summed E-state index contributed by atoms with van der Waals surface area (Å²) in [5, 5.41) is 2.77. The Morgan fingerprint density at radius 2 is 2.00 bits per heavy atom. The first-order valence-corrected chi connectivity index (χ1v) is 10.5. The fourth-order valence-electron chi connectivity index (χ4n) is 2.63. The van der Waals surface area contributed by atoms with Gasteiger partial charge < -0.3 is 4.90 Å². The first-order valence-electron chi connectivity index (χ1n) is 8.22. The van der Waals surface area contributed by atoms with Crippen LogP contribution >= 0.6 is 34.7 Å². The Balaban J connectivity index is 2.06. The van der Waals surface area contributed by atoms with E-state index in [1.165, 1.54) is 27.7 Å². The molecular formula is C18H18ClN3O2S2. The molecule has 0 unspecified atom stereocenters. The number of amides is 1. The summed E-state index contributed by atoms with van der Waals surface area (Å²) in [5.41, 5.74) is 1.04. The van der Waals surface area contributed by atoms with Gasteiger partial charge in [-0.25, -0.2) is 4.98 Å². The van der Waals surface area contributed by atoms with Gasteiger partial charge in [0.2, 0.25) is 5.91 Å². The number of halogens is 1. The number of rotatable bonds is 6. The van der Waals surface area contributed by atoms with Gasteiger partial charge in [0.25, 0.3) is 5.56 Å². The van der Waals surface area contributed by atoms with E-state index in [0.717, 1.165) is 0 Å². The van der Waals surface area contributed by atoms with Crippen molar-refractivity contribution in [2.75, 3.05) is 18.8 Å². The van der Waals surface area contributed by atoms with Gasteiger partial charge in [-0.05, 0) is 37.4 Å². The molecule has 0 atom stereocenters. The molecule has 0 N–H and O–H groups in total. The molecule has 1 aromatic carbocycles. The van der Waals surface area contributed by atoms with E-state index in [1.807, 2.05) is 37.4 Å². The number of nitrogens with zero attached hydrogens (tertiary/aromatic N) is 3. The van der Waals surface area contributed by atoms with E-state index >= 15 is 0 Å². The molecular weight excluding hydrogens is 390 g/mol. The summed E-state index contributed by atoms with van der Waals surface area (Å²) in [5.74, 6) is 0.235. The number of benzene rings is 1. The van der Waals surface area contributed by atoms with Gasteiger partial charge >= 0.3 is 0 Å². The average Bonchev–Trinajstić information content (AvgIpc) is 3.11. The molecule has 0 radical (unpaired) electrons. The number of aromatic nitrogens is 2. The average molecular weight is 408 g/mol. The van der Waals surface area contributed by atoms with Gasteiger partial charge in [0, 0.05) is 13.1 Å². The molecule has 1 amide bonds. The van der Waals surface area contributed by atoms with Gasteiger partial charge in [0.1, 0.15) is 4.70 Å². The Morgan fingerprint density at radius 3 is 2.69 bits per heavy atom. The lowest BCUT2D eigenvalue weighted by Gasteiger charge is -2.19. The monoisotopic (exact) mass is 407 g/mol. The number of carbonyl (C=O) groups is 1. The second-order valence-corrected chi connectivity index (χ2v) is 7.74. The van der Waals surface area contributed by atoms with E-state index < -0.39 is 0 Å². The van der Waals surface area contributed by atoms with Crippen molar-refractivity contribution < 1.29 is 4.79 Å². The fourth-order valence-corrected chi connectivity index (χ4v) is 4.52. The van der Waals surface area contributed by atoms with Crippen LogP contribution in [0.5, 0.6) is 0 Å². The van der Waals surface area contributed by atoms with Crippen molar-refractivity contribution in [2.45, 2.75) is 19.0 Å². The highest BCUT2D eigenvalue weighted by Crippen LogP contribution is 2.27. The molecule has 0 saturated carbocycles. The van der Waals surface area contributed by atoms with E-state index in [9.17, 15) is 9.59 Å². The van der Waals surface area contributed by atoms with Crippen LogP contribution in [0.25, 0.3) is 15.9 Å². The first-order chi connectivity index (χ1) is 12.6. The second kappa shape index (κ2) is 8.24. The van der Waals surface area contributed by atoms with Crippen LogP contribution in [0.1, 0.15) is 13.8 Å². The van der Waals surface area contributed by atoms with Crippen molar-refractivity contribution in [1.82, 2.24) is 14.5 Å². The smallest absolute Gasteiger partial charge is 0.276 e. The molecule has 3 aromatic rings. The van der Waals surface area contributed by atoms with Crippen LogP contribution in [0.4, 0.5) is 0 Å². The van der Waals surface area contributed by atoms with Gasteiger partial charge in [0.15, 0.2) is 5.16 Å². The molecule has 136 valence electrons. The maximum atomic E-state index is 13.0.